The molecule has 2 heterocycles. The first-order valence-corrected chi connectivity index (χ1v) is 6.13. The van der Waals surface area contributed by atoms with Crippen LogP contribution in [0.4, 0.5) is 0 Å². The first kappa shape index (κ1) is 10.0. The molecule has 3 nitrogen and oxygen atoms in total. The minimum Gasteiger partial charge on any atom is -0.296 e. The van der Waals surface area contributed by atoms with Gasteiger partial charge >= 0.3 is 0 Å². The van der Waals surface area contributed by atoms with Gasteiger partial charge in [0.05, 0.1) is 10.9 Å². The molecule has 2 aromatic rings. The summed E-state index contributed by atoms with van der Waals surface area (Å²) >= 11 is 3.40. The van der Waals surface area contributed by atoms with Gasteiger partial charge in [0.25, 0.3) is 5.56 Å². The predicted octanol–water partition coefficient (Wildman–Crippen LogP) is 2.35. The van der Waals surface area contributed by atoms with E-state index in [9.17, 15) is 4.79 Å². The second kappa shape index (κ2) is 3.42. The molecule has 0 saturated heterocycles. The summed E-state index contributed by atoms with van der Waals surface area (Å²) in [5, 5.41) is 0.709. The van der Waals surface area contributed by atoms with E-state index >= 15 is 0 Å². The minimum atomic E-state index is 0.0943. The second-order valence-corrected chi connectivity index (χ2v) is 5.33. The summed E-state index contributed by atoms with van der Waals surface area (Å²) in [6, 6.07) is 5.63. The van der Waals surface area contributed by atoms with Crippen LogP contribution in [-0.4, -0.2) is 9.55 Å². The van der Waals surface area contributed by atoms with Crippen molar-refractivity contribution in [3.8, 4) is 0 Å². The summed E-state index contributed by atoms with van der Waals surface area (Å²) in [4.78, 5) is 16.7. The standard InChI is InChI=1S/C12H11BrN2O/c1-7-4-11-14-10-5-8(13)2-3-9(10)12(16)15(11)6-7/h2-3,5,7H,4,6H2,1H3/t7-/m0/s1. The van der Waals surface area contributed by atoms with E-state index in [2.05, 4.69) is 27.8 Å². The van der Waals surface area contributed by atoms with E-state index in [1.807, 2.05) is 18.2 Å². The van der Waals surface area contributed by atoms with Crippen molar-refractivity contribution in [2.24, 2.45) is 5.92 Å². The van der Waals surface area contributed by atoms with Crippen molar-refractivity contribution in [1.29, 1.82) is 0 Å². The molecule has 0 N–H and O–H groups in total. The highest BCUT2D eigenvalue weighted by Gasteiger charge is 2.21. The van der Waals surface area contributed by atoms with Crippen LogP contribution in [0.15, 0.2) is 27.5 Å². The second-order valence-electron chi connectivity index (χ2n) is 4.41. The zero-order valence-corrected chi connectivity index (χ0v) is 10.5. The van der Waals surface area contributed by atoms with Crippen LogP contribution in [0.3, 0.4) is 0 Å². The first-order chi connectivity index (χ1) is 7.65. The van der Waals surface area contributed by atoms with E-state index in [1.165, 1.54) is 0 Å². The number of halogens is 1. The summed E-state index contributed by atoms with van der Waals surface area (Å²) in [5.74, 6) is 1.43. The Morgan fingerprint density at radius 1 is 1.50 bits per heavy atom. The number of fused-ring (bicyclic) bond motifs is 2. The van der Waals surface area contributed by atoms with Crippen molar-refractivity contribution in [2.45, 2.75) is 19.9 Å². The van der Waals surface area contributed by atoms with Crippen LogP contribution in [0.1, 0.15) is 12.7 Å². The lowest BCUT2D eigenvalue weighted by Crippen LogP contribution is -2.21. The minimum absolute atomic E-state index is 0.0943. The molecule has 1 atom stereocenters. The predicted molar refractivity (Wildman–Crippen MR) is 66.6 cm³/mol. The third kappa shape index (κ3) is 1.40. The number of hydrogen-bond acceptors (Lipinski definition) is 2. The number of nitrogens with zero attached hydrogens (tertiary/aromatic N) is 2. The van der Waals surface area contributed by atoms with Crippen LogP contribution in [0.5, 0.6) is 0 Å². The molecule has 1 aromatic heterocycles. The molecular weight excluding hydrogens is 268 g/mol. The van der Waals surface area contributed by atoms with Gasteiger partial charge in [-0.05, 0) is 24.1 Å². The maximum absolute atomic E-state index is 12.2. The van der Waals surface area contributed by atoms with Gasteiger partial charge in [0.2, 0.25) is 0 Å². The van der Waals surface area contributed by atoms with Gasteiger partial charge in [-0.2, -0.15) is 0 Å². The smallest absolute Gasteiger partial charge is 0.261 e. The van der Waals surface area contributed by atoms with E-state index in [0.717, 1.165) is 28.8 Å². The molecule has 0 fully saturated rings. The largest absolute Gasteiger partial charge is 0.296 e. The summed E-state index contributed by atoms with van der Waals surface area (Å²) in [6.45, 7) is 2.95. The Labute approximate surface area is 101 Å². The van der Waals surface area contributed by atoms with Crippen LogP contribution in [0.2, 0.25) is 0 Å². The van der Waals surface area contributed by atoms with E-state index in [-0.39, 0.29) is 5.56 Å². The first-order valence-electron chi connectivity index (χ1n) is 5.34. The van der Waals surface area contributed by atoms with Crippen molar-refractivity contribution in [1.82, 2.24) is 9.55 Å². The van der Waals surface area contributed by atoms with Crippen molar-refractivity contribution < 1.29 is 0 Å². The summed E-state index contributed by atoms with van der Waals surface area (Å²) in [5.41, 5.74) is 0.886. The molecule has 0 bridgehead atoms. The van der Waals surface area contributed by atoms with E-state index < -0.39 is 0 Å². The Morgan fingerprint density at radius 3 is 3.12 bits per heavy atom. The highest BCUT2D eigenvalue weighted by molar-refractivity contribution is 9.10. The average molecular weight is 279 g/mol. The monoisotopic (exact) mass is 278 g/mol. The zero-order chi connectivity index (χ0) is 11.3. The van der Waals surface area contributed by atoms with E-state index in [4.69, 9.17) is 0 Å². The lowest BCUT2D eigenvalue weighted by atomic mass is 10.1. The van der Waals surface area contributed by atoms with Gasteiger partial charge in [-0.3, -0.25) is 9.36 Å². The SMILES string of the molecule is C[C@H]1Cc2nc3cc(Br)ccc3c(=O)n2C1. The molecule has 0 aliphatic carbocycles. The lowest BCUT2D eigenvalue weighted by molar-refractivity contribution is 0.558. The van der Waals surface area contributed by atoms with Crippen LogP contribution in [0.25, 0.3) is 10.9 Å². The Kier molecular flexibility index (Phi) is 2.14. The molecule has 0 radical (unpaired) electrons. The van der Waals surface area contributed by atoms with Gasteiger partial charge in [0, 0.05) is 17.4 Å². The summed E-state index contributed by atoms with van der Waals surface area (Å²) in [6.07, 6.45) is 0.900. The molecule has 1 aliphatic rings. The maximum Gasteiger partial charge on any atom is 0.261 e. The topological polar surface area (TPSA) is 34.9 Å². The maximum atomic E-state index is 12.2. The lowest BCUT2D eigenvalue weighted by Gasteiger charge is -2.04. The third-order valence-electron chi connectivity index (χ3n) is 3.02. The van der Waals surface area contributed by atoms with Crippen molar-refractivity contribution in [3.05, 3.63) is 38.9 Å². The van der Waals surface area contributed by atoms with Gasteiger partial charge in [-0.1, -0.05) is 22.9 Å². The highest BCUT2D eigenvalue weighted by Crippen LogP contribution is 2.20. The fourth-order valence-corrected chi connectivity index (χ4v) is 2.62. The molecule has 3 rings (SSSR count). The number of rotatable bonds is 0. The van der Waals surface area contributed by atoms with Crippen molar-refractivity contribution in [2.75, 3.05) is 0 Å². The third-order valence-corrected chi connectivity index (χ3v) is 3.51. The molecule has 16 heavy (non-hydrogen) atoms. The number of aromatic nitrogens is 2. The summed E-state index contributed by atoms with van der Waals surface area (Å²) in [7, 11) is 0. The Bertz CT molecular complexity index is 633. The van der Waals surface area contributed by atoms with Crippen molar-refractivity contribution in [3.63, 3.8) is 0 Å². The normalized spacial score (nSPS) is 19.0. The van der Waals surface area contributed by atoms with Gasteiger partial charge < -0.3 is 0 Å². The van der Waals surface area contributed by atoms with Crippen LogP contribution >= 0.6 is 15.9 Å². The molecule has 4 heteroatoms. The van der Waals surface area contributed by atoms with Crippen LogP contribution in [0, 0.1) is 5.92 Å². The average Bonchev–Trinajstić information content (AvgIpc) is 2.59. The van der Waals surface area contributed by atoms with Gasteiger partial charge in [0.1, 0.15) is 5.82 Å². The van der Waals surface area contributed by atoms with Gasteiger partial charge in [-0.15, -0.1) is 0 Å². The summed E-state index contributed by atoms with van der Waals surface area (Å²) < 4.78 is 2.77. The molecular formula is C12H11BrN2O. The van der Waals surface area contributed by atoms with Gasteiger partial charge in [-0.25, -0.2) is 4.98 Å². The molecule has 0 spiro atoms. The molecule has 1 aliphatic heterocycles. The number of hydrogen-bond donors (Lipinski definition) is 0. The molecule has 0 amide bonds. The number of benzene rings is 1. The Balaban J connectivity index is 2.38. The fraction of sp³-hybridized carbons (Fsp3) is 0.333. The van der Waals surface area contributed by atoms with E-state index in [0.29, 0.717) is 11.3 Å². The van der Waals surface area contributed by atoms with Crippen LogP contribution in [-0.2, 0) is 13.0 Å². The van der Waals surface area contributed by atoms with Crippen LogP contribution < -0.4 is 5.56 Å². The van der Waals surface area contributed by atoms with Crippen molar-refractivity contribution >= 4 is 26.8 Å². The molecule has 1 aromatic carbocycles. The Hall–Kier alpha value is -1.16. The fourth-order valence-electron chi connectivity index (χ4n) is 2.27. The molecule has 0 unspecified atom stereocenters. The van der Waals surface area contributed by atoms with Gasteiger partial charge in [0.15, 0.2) is 0 Å². The molecule has 0 saturated carbocycles. The van der Waals surface area contributed by atoms with E-state index in [1.54, 1.807) is 4.57 Å². The highest BCUT2D eigenvalue weighted by atomic mass is 79.9. The quantitative estimate of drug-likeness (QED) is 0.742. The Morgan fingerprint density at radius 2 is 2.31 bits per heavy atom. The zero-order valence-electron chi connectivity index (χ0n) is 8.90. The molecule has 82 valence electrons.